The van der Waals surface area contributed by atoms with Gasteiger partial charge < -0.3 is 0 Å². The van der Waals surface area contributed by atoms with Crippen LogP contribution in [0.3, 0.4) is 0 Å². The first-order valence-electron chi connectivity index (χ1n) is 8.44. The third-order valence-corrected chi connectivity index (χ3v) is 4.97. The molecule has 0 spiro atoms. The number of benzene rings is 2. The average Bonchev–Trinajstić information content (AvgIpc) is 3.38. The van der Waals surface area contributed by atoms with Gasteiger partial charge in [-0.1, -0.05) is 54.2 Å². The maximum Gasteiger partial charge on any atom is 0.208 e. The molecule has 0 atom stereocenters. The van der Waals surface area contributed by atoms with Crippen LogP contribution in [0.1, 0.15) is 16.2 Å². The van der Waals surface area contributed by atoms with Gasteiger partial charge in [-0.25, -0.2) is 4.98 Å². The number of ketones is 1. The van der Waals surface area contributed by atoms with Crippen LogP contribution in [0.25, 0.3) is 22.4 Å². The van der Waals surface area contributed by atoms with Gasteiger partial charge in [0, 0.05) is 17.3 Å². The highest BCUT2D eigenvalue weighted by Gasteiger charge is 2.10. The van der Waals surface area contributed by atoms with E-state index in [0.717, 1.165) is 28.2 Å². The molecule has 2 aromatic carbocycles. The molecule has 4 aromatic rings. The SMILES string of the molecule is Cc1nc(SCC(=O)c2ccc(-c3cccc(-c4ccn[nH]4)c3)cc2)n[nH]1. The Bertz CT molecular complexity index is 1050. The summed E-state index contributed by atoms with van der Waals surface area (Å²) >= 11 is 1.33. The lowest BCUT2D eigenvalue weighted by molar-refractivity contribution is 0.102. The molecule has 0 amide bonds. The summed E-state index contributed by atoms with van der Waals surface area (Å²) in [6.07, 6.45) is 1.74. The number of aryl methyl sites for hydroxylation is 1. The van der Waals surface area contributed by atoms with Crippen LogP contribution in [-0.4, -0.2) is 36.9 Å². The van der Waals surface area contributed by atoms with Crippen LogP contribution in [0, 0.1) is 6.92 Å². The Morgan fingerprint density at radius 2 is 1.81 bits per heavy atom. The maximum absolute atomic E-state index is 12.4. The number of aromatic amines is 2. The molecule has 0 saturated heterocycles. The monoisotopic (exact) mass is 375 g/mol. The van der Waals surface area contributed by atoms with E-state index in [4.69, 9.17) is 0 Å². The van der Waals surface area contributed by atoms with Crippen LogP contribution in [0.15, 0.2) is 66.0 Å². The average molecular weight is 375 g/mol. The quantitative estimate of drug-likeness (QED) is 0.390. The van der Waals surface area contributed by atoms with Gasteiger partial charge in [-0.3, -0.25) is 15.0 Å². The fourth-order valence-electron chi connectivity index (χ4n) is 2.73. The van der Waals surface area contributed by atoms with Crippen molar-refractivity contribution in [3.05, 3.63) is 72.2 Å². The molecular weight excluding hydrogens is 358 g/mol. The molecule has 0 radical (unpaired) electrons. The molecule has 134 valence electrons. The summed E-state index contributed by atoms with van der Waals surface area (Å²) in [5, 5.41) is 14.4. The molecule has 0 saturated carbocycles. The smallest absolute Gasteiger partial charge is 0.208 e. The molecule has 6 nitrogen and oxygen atoms in total. The number of aromatic nitrogens is 5. The Morgan fingerprint density at radius 3 is 2.52 bits per heavy atom. The molecule has 0 aliphatic rings. The van der Waals surface area contributed by atoms with E-state index in [-0.39, 0.29) is 5.78 Å². The number of thioether (sulfide) groups is 1. The Balaban J connectivity index is 1.47. The van der Waals surface area contributed by atoms with Gasteiger partial charge in [-0.05, 0) is 30.2 Å². The Hall–Kier alpha value is -3.19. The number of Topliss-reactive ketones (excluding diaryl/α,β-unsaturated/α-hetero) is 1. The molecule has 27 heavy (non-hydrogen) atoms. The normalized spacial score (nSPS) is 10.9. The lowest BCUT2D eigenvalue weighted by Crippen LogP contribution is -2.02. The van der Waals surface area contributed by atoms with Crippen LogP contribution in [-0.2, 0) is 0 Å². The maximum atomic E-state index is 12.4. The number of carbonyl (C=O) groups excluding carboxylic acids is 1. The zero-order valence-electron chi connectivity index (χ0n) is 14.6. The first kappa shape index (κ1) is 17.2. The Labute approximate surface area is 160 Å². The summed E-state index contributed by atoms with van der Waals surface area (Å²) in [4.78, 5) is 16.6. The van der Waals surface area contributed by atoms with Crippen LogP contribution < -0.4 is 0 Å². The van der Waals surface area contributed by atoms with Crippen LogP contribution in [0.4, 0.5) is 0 Å². The van der Waals surface area contributed by atoms with Crippen molar-refractivity contribution in [2.24, 2.45) is 0 Å². The largest absolute Gasteiger partial charge is 0.293 e. The first-order chi connectivity index (χ1) is 13.2. The van der Waals surface area contributed by atoms with E-state index in [1.807, 2.05) is 49.4 Å². The summed E-state index contributed by atoms with van der Waals surface area (Å²) in [5.41, 5.74) is 4.88. The second-order valence-electron chi connectivity index (χ2n) is 6.04. The zero-order chi connectivity index (χ0) is 18.6. The minimum absolute atomic E-state index is 0.0558. The Kier molecular flexibility index (Phi) is 4.84. The minimum Gasteiger partial charge on any atom is -0.293 e. The van der Waals surface area contributed by atoms with Gasteiger partial charge in [0.25, 0.3) is 0 Å². The van der Waals surface area contributed by atoms with Crippen molar-refractivity contribution in [1.82, 2.24) is 25.4 Å². The standard InChI is InChI=1S/C20H17N5OS/c1-13-22-20(25-23-13)27-12-19(26)15-7-5-14(6-8-15)16-3-2-4-17(11-16)18-9-10-21-24-18/h2-11H,12H2,1H3,(H,21,24)(H,22,23,25). The lowest BCUT2D eigenvalue weighted by atomic mass is 10.00. The minimum atomic E-state index is 0.0558. The van der Waals surface area contributed by atoms with Gasteiger partial charge in [-0.2, -0.15) is 5.10 Å². The van der Waals surface area contributed by atoms with E-state index in [2.05, 4.69) is 37.5 Å². The van der Waals surface area contributed by atoms with Crippen LogP contribution in [0.2, 0.25) is 0 Å². The van der Waals surface area contributed by atoms with Crippen molar-refractivity contribution in [2.75, 3.05) is 5.75 Å². The molecule has 2 heterocycles. The predicted molar refractivity (Wildman–Crippen MR) is 106 cm³/mol. The highest BCUT2D eigenvalue weighted by molar-refractivity contribution is 7.99. The third kappa shape index (κ3) is 3.98. The zero-order valence-corrected chi connectivity index (χ0v) is 15.5. The van der Waals surface area contributed by atoms with E-state index >= 15 is 0 Å². The van der Waals surface area contributed by atoms with Crippen LogP contribution >= 0.6 is 11.8 Å². The number of hydrogen-bond donors (Lipinski definition) is 2. The van der Waals surface area contributed by atoms with Crippen molar-refractivity contribution in [1.29, 1.82) is 0 Å². The summed E-state index contributed by atoms with van der Waals surface area (Å²) in [5.74, 6) is 1.11. The first-order valence-corrected chi connectivity index (χ1v) is 9.43. The summed E-state index contributed by atoms with van der Waals surface area (Å²) in [7, 11) is 0. The highest BCUT2D eigenvalue weighted by Crippen LogP contribution is 2.26. The van der Waals surface area contributed by atoms with E-state index in [0.29, 0.717) is 16.5 Å². The molecule has 0 bridgehead atoms. The predicted octanol–water partition coefficient (Wildman–Crippen LogP) is 4.15. The molecule has 2 aromatic heterocycles. The number of hydrogen-bond acceptors (Lipinski definition) is 5. The number of nitrogens with zero attached hydrogens (tertiary/aromatic N) is 3. The molecular formula is C20H17N5OS. The van der Waals surface area contributed by atoms with Crippen molar-refractivity contribution < 1.29 is 4.79 Å². The van der Waals surface area contributed by atoms with Gasteiger partial charge >= 0.3 is 0 Å². The molecule has 7 heteroatoms. The number of H-pyrrole nitrogens is 2. The molecule has 0 unspecified atom stereocenters. The van der Waals surface area contributed by atoms with Crippen LogP contribution in [0.5, 0.6) is 0 Å². The van der Waals surface area contributed by atoms with Gasteiger partial charge in [0.2, 0.25) is 5.16 Å². The van der Waals surface area contributed by atoms with Gasteiger partial charge in [0.05, 0.1) is 11.4 Å². The summed E-state index contributed by atoms with van der Waals surface area (Å²) < 4.78 is 0. The molecule has 2 N–H and O–H groups in total. The third-order valence-electron chi connectivity index (χ3n) is 4.12. The number of carbonyl (C=O) groups is 1. The lowest BCUT2D eigenvalue weighted by Gasteiger charge is -2.06. The Morgan fingerprint density at radius 1 is 1.00 bits per heavy atom. The van der Waals surface area contributed by atoms with Crippen molar-refractivity contribution in [3.63, 3.8) is 0 Å². The van der Waals surface area contributed by atoms with Gasteiger partial charge in [0.15, 0.2) is 5.78 Å². The fourth-order valence-corrected chi connectivity index (χ4v) is 3.47. The van der Waals surface area contributed by atoms with Gasteiger partial charge in [0.1, 0.15) is 5.82 Å². The molecule has 0 fully saturated rings. The van der Waals surface area contributed by atoms with E-state index in [9.17, 15) is 4.79 Å². The summed E-state index contributed by atoms with van der Waals surface area (Å²) in [6, 6.07) is 17.8. The molecule has 0 aliphatic heterocycles. The second-order valence-corrected chi connectivity index (χ2v) is 6.99. The fraction of sp³-hybridized carbons (Fsp3) is 0.100. The van der Waals surface area contributed by atoms with Gasteiger partial charge in [-0.15, -0.1) is 5.10 Å². The molecule has 4 rings (SSSR count). The molecule has 0 aliphatic carbocycles. The van der Waals surface area contributed by atoms with E-state index in [1.54, 1.807) is 6.20 Å². The topological polar surface area (TPSA) is 87.3 Å². The second kappa shape index (κ2) is 7.59. The highest BCUT2D eigenvalue weighted by atomic mass is 32.2. The summed E-state index contributed by atoms with van der Waals surface area (Å²) in [6.45, 7) is 1.83. The van der Waals surface area contributed by atoms with Crippen molar-refractivity contribution in [3.8, 4) is 22.4 Å². The number of rotatable bonds is 6. The van der Waals surface area contributed by atoms with Crippen molar-refractivity contribution >= 4 is 17.5 Å². The van der Waals surface area contributed by atoms with E-state index < -0.39 is 0 Å². The van der Waals surface area contributed by atoms with Crippen molar-refractivity contribution in [2.45, 2.75) is 12.1 Å². The number of nitrogens with one attached hydrogen (secondary N) is 2. The van der Waals surface area contributed by atoms with E-state index in [1.165, 1.54) is 11.8 Å².